The molecular weight excluding hydrogens is 220 g/mol. The van der Waals surface area contributed by atoms with Gasteiger partial charge in [-0.3, -0.25) is 9.59 Å². The minimum absolute atomic E-state index is 0.154. The SMILES string of the molecule is CCCCCC(=O)OCCCOC(=O)CCC. The molecule has 0 atom stereocenters. The maximum Gasteiger partial charge on any atom is 0.305 e. The highest BCUT2D eigenvalue weighted by atomic mass is 16.5. The van der Waals surface area contributed by atoms with Crippen LogP contribution in [0.4, 0.5) is 0 Å². The van der Waals surface area contributed by atoms with Gasteiger partial charge in [-0.05, 0) is 12.8 Å². The highest BCUT2D eigenvalue weighted by Gasteiger charge is 2.03. The lowest BCUT2D eigenvalue weighted by molar-refractivity contribution is -0.146. The molecule has 0 aliphatic heterocycles. The molecule has 100 valence electrons. The molecule has 4 heteroatoms. The van der Waals surface area contributed by atoms with E-state index >= 15 is 0 Å². The molecule has 0 aromatic rings. The van der Waals surface area contributed by atoms with Gasteiger partial charge in [0.05, 0.1) is 13.2 Å². The summed E-state index contributed by atoms with van der Waals surface area (Å²) >= 11 is 0. The third-order valence-corrected chi connectivity index (χ3v) is 2.25. The van der Waals surface area contributed by atoms with Crippen molar-refractivity contribution >= 4 is 11.9 Å². The quantitative estimate of drug-likeness (QED) is 0.438. The second kappa shape index (κ2) is 11.4. The molecule has 0 radical (unpaired) electrons. The van der Waals surface area contributed by atoms with Crippen molar-refractivity contribution in [3.8, 4) is 0 Å². The molecule has 0 aromatic carbocycles. The highest BCUT2D eigenvalue weighted by Crippen LogP contribution is 2.01. The lowest BCUT2D eigenvalue weighted by Gasteiger charge is -2.05. The Kier molecular flexibility index (Phi) is 10.7. The fraction of sp³-hybridized carbons (Fsp3) is 0.846. The van der Waals surface area contributed by atoms with Gasteiger partial charge in [-0.15, -0.1) is 0 Å². The molecule has 0 fully saturated rings. The second-order valence-corrected chi connectivity index (χ2v) is 4.00. The van der Waals surface area contributed by atoms with Crippen LogP contribution in [0.25, 0.3) is 0 Å². The van der Waals surface area contributed by atoms with Gasteiger partial charge in [0.15, 0.2) is 0 Å². The first-order chi connectivity index (χ1) is 8.20. The molecule has 0 amide bonds. The lowest BCUT2D eigenvalue weighted by atomic mass is 10.2. The van der Waals surface area contributed by atoms with Gasteiger partial charge in [0.1, 0.15) is 0 Å². The molecule has 0 heterocycles. The number of hydrogen-bond donors (Lipinski definition) is 0. The average molecular weight is 244 g/mol. The third-order valence-electron chi connectivity index (χ3n) is 2.25. The summed E-state index contributed by atoms with van der Waals surface area (Å²) in [7, 11) is 0. The van der Waals surface area contributed by atoms with Gasteiger partial charge in [-0.25, -0.2) is 0 Å². The van der Waals surface area contributed by atoms with E-state index < -0.39 is 0 Å². The number of carbonyl (C=O) groups is 2. The van der Waals surface area contributed by atoms with Crippen LogP contribution in [0.2, 0.25) is 0 Å². The van der Waals surface area contributed by atoms with Crippen molar-refractivity contribution < 1.29 is 19.1 Å². The van der Waals surface area contributed by atoms with Crippen LogP contribution in [0, 0.1) is 0 Å². The van der Waals surface area contributed by atoms with Crippen molar-refractivity contribution in [3.63, 3.8) is 0 Å². The van der Waals surface area contributed by atoms with Gasteiger partial charge in [-0.1, -0.05) is 26.7 Å². The normalized spacial score (nSPS) is 10.0. The van der Waals surface area contributed by atoms with Crippen LogP contribution in [0.3, 0.4) is 0 Å². The number of unbranched alkanes of at least 4 members (excludes halogenated alkanes) is 2. The summed E-state index contributed by atoms with van der Waals surface area (Å²) in [5.41, 5.74) is 0. The van der Waals surface area contributed by atoms with Crippen LogP contribution < -0.4 is 0 Å². The molecule has 0 aliphatic carbocycles. The third kappa shape index (κ3) is 11.2. The Morgan fingerprint density at radius 1 is 0.765 bits per heavy atom. The predicted octanol–water partition coefficient (Wildman–Crippen LogP) is 2.84. The molecule has 0 aliphatic rings. The summed E-state index contributed by atoms with van der Waals surface area (Å²) in [6, 6.07) is 0. The van der Waals surface area contributed by atoms with E-state index in [1.807, 2.05) is 6.92 Å². The van der Waals surface area contributed by atoms with E-state index in [4.69, 9.17) is 9.47 Å². The van der Waals surface area contributed by atoms with Crippen LogP contribution in [0.5, 0.6) is 0 Å². The monoisotopic (exact) mass is 244 g/mol. The Morgan fingerprint density at radius 3 is 1.88 bits per heavy atom. The van der Waals surface area contributed by atoms with E-state index in [0.717, 1.165) is 25.7 Å². The largest absolute Gasteiger partial charge is 0.466 e. The fourth-order valence-electron chi connectivity index (χ4n) is 1.30. The number of ether oxygens (including phenoxy) is 2. The van der Waals surface area contributed by atoms with Crippen LogP contribution in [-0.2, 0) is 19.1 Å². The molecule has 0 bridgehead atoms. The van der Waals surface area contributed by atoms with E-state index in [1.54, 1.807) is 0 Å². The summed E-state index contributed by atoms with van der Waals surface area (Å²) in [6.45, 7) is 4.70. The van der Waals surface area contributed by atoms with Crippen molar-refractivity contribution in [3.05, 3.63) is 0 Å². The Bertz CT molecular complexity index is 213. The molecule has 0 aromatic heterocycles. The van der Waals surface area contributed by atoms with Crippen molar-refractivity contribution in [2.24, 2.45) is 0 Å². The van der Waals surface area contributed by atoms with Gasteiger partial charge >= 0.3 is 11.9 Å². The smallest absolute Gasteiger partial charge is 0.305 e. The maximum atomic E-state index is 11.2. The number of carbonyl (C=O) groups excluding carboxylic acids is 2. The van der Waals surface area contributed by atoms with Gasteiger partial charge in [-0.2, -0.15) is 0 Å². The maximum absolute atomic E-state index is 11.2. The number of esters is 2. The van der Waals surface area contributed by atoms with E-state index in [1.165, 1.54) is 0 Å². The Hall–Kier alpha value is -1.06. The molecule has 0 saturated carbocycles. The predicted molar refractivity (Wildman–Crippen MR) is 65.6 cm³/mol. The highest BCUT2D eigenvalue weighted by molar-refractivity contribution is 5.69. The van der Waals surface area contributed by atoms with Crippen molar-refractivity contribution in [1.29, 1.82) is 0 Å². The minimum atomic E-state index is -0.179. The van der Waals surface area contributed by atoms with E-state index in [0.29, 0.717) is 32.5 Å². The zero-order chi connectivity index (χ0) is 12.9. The Balaban J connectivity index is 3.27. The van der Waals surface area contributed by atoms with Crippen LogP contribution in [-0.4, -0.2) is 25.2 Å². The topological polar surface area (TPSA) is 52.6 Å². The molecule has 0 N–H and O–H groups in total. The van der Waals surface area contributed by atoms with Gasteiger partial charge < -0.3 is 9.47 Å². The molecular formula is C13H24O4. The molecule has 4 nitrogen and oxygen atoms in total. The van der Waals surface area contributed by atoms with Crippen molar-refractivity contribution in [2.45, 2.75) is 58.8 Å². The van der Waals surface area contributed by atoms with Gasteiger partial charge in [0.25, 0.3) is 0 Å². The molecule has 17 heavy (non-hydrogen) atoms. The lowest BCUT2D eigenvalue weighted by Crippen LogP contribution is -2.10. The molecule has 0 rings (SSSR count). The zero-order valence-corrected chi connectivity index (χ0v) is 11.0. The molecule has 0 spiro atoms. The summed E-state index contributed by atoms with van der Waals surface area (Å²) in [6.07, 6.45) is 5.37. The first-order valence-corrected chi connectivity index (χ1v) is 6.52. The molecule has 0 saturated heterocycles. The molecule has 0 unspecified atom stereocenters. The van der Waals surface area contributed by atoms with E-state index in [-0.39, 0.29) is 11.9 Å². The fourth-order valence-corrected chi connectivity index (χ4v) is 1.30. The van der Waals surface area contributed by atoms with Crippen LogP contribution in [0.15, 0.2) is 0 Å². The number of rotatable bonds is 10. The zero-order valence-electron chi connectivity index (χ0n) is 11.0. The van der Waals surface area contributed by atoms with Gasteiger partial charge in [0, 0.05) is 19.3 Å². The summed E-state index contributed by atoms with van der Waals surface area (Å²) in [5, 5.41) is 0. The number of hydrogen-bond acceptors (Lipinski definition) is 4. The standard InChI is InChI=1S/C13H24O4/c1-3-5-6-9-13(15)17-11-7-10-16-12(14)8-4-2/h3-11H2,1-2H3. The van der Waals surface area contributed by atoms with E-state index in [2.05, 4.69) is 6.92 Å². The second-order valence-electron chi connectivity index (χ2n) is 4.00. The van der Waals surface area contributed by atoms with Crippen molar-refractivity contribution in [2.75, 3.05) is 13.2 Å². The van der Waals surface area contributed by atoms with Crippen LogP contribution >= 0.6 is 0 Å². The Labute approximate surface area is 104 Å². The Morgan fingerprint density at radius 2 is 1.35 bits per heavy atom. The summed E-state index contributed by atoms with van der Waals surface area (Å²) in [4.78, 5) is 22.2. The average Bonchev–Trinajstić information content (AvgIpc) is 2.29. The summed E-state index contributed by atoms with van der Waals surface area (Å²) < 4.78 is 9.93. The van der Waals surface area contributed by atoms with Gasteiger partial charge in [0.2, 0.25) is 0 Å². The first-order valence-electron chi connectivity index (χ1n) is 6.52. The first kappa shape index (κ1) is 15.9. The van der Waals surface area contributed by atoms with Crippen molar-refractivity contribution in [1.82, 2.24) is 0 Å². The summed E-state index contributed by atoms with van der Waals surface area (Å²) in [5.74, 6) is -0.333. The van der Waals surface area contributed by atoms with Crippen LogP contribution in [0.1, 0.15) is 58.8 Å². The minimum Gasteiger partial charge on any atom is -0.466 e. The van der Waals surface area contributed by atoms with E-state index in [9.17, 15) is 9.59 Å².